The van der Waals surface area contributed by atoms with E-state index < -0.39 is 29.6 Å². The van der Waals surface area contributed by atoms with Gasteiger partial charge >= 0.3 is 5.97 Å². The molecule has 0 aromatic heterocycles. The fourth-order valence-corrected chi connectivity index (χ4v) is 2.73. The fourth-order valence-electron chi connectivity index (χ4n) is 2.73. The van der Waals surface area contributed by atoms with Gasteiger partial charge in [-0.25, -0.2) is 8.78 Å². The maximum absolute atomic E-state index is 13.7. The molecule has 2 rings (SSSR count). The van der Waals surface area contributed by atoms with Crippen molar-refractivity contribution in [3.63, 3.8) is 0 Å². The minimum absolute atomic E-state index is 0.0146. The quantitative estimate of drug-likeness (QED) is 0.917. The van der Waals surface area contributed by atoms with E-state index in [2.05, 4.69) is 0 Å². The number of carbonyl (C=O) groups is 1. The molecule has 1 saturated heterocycles. The molecule has 0 aliphatic carbocycles. The molecule has 1 aromatic rings. The number of hydrogen-bond acceptors (Lipinski definition) is 2. The Bertz CT molecular complexity index is 472. The van der Waals surface area contributed by atoms with Gasteiger partial charge < -0.3 is 5.11 Å². The first-order valence-electron chi connectivity index (χ1n) is 6.32. The van der Waals surface area contributed by atoms with Crippen molar-refractivity contribution in [3.8, 4) is 0 Å². The van der Waals surface area contributed by atoms with Gasteiger partial charge in [-0.1, -0.05) is 13.0 Å². The Labute approximate surface area is 110 Å². The van der Waals surface area contributed by atoms with Gasteiger partial charge in [-0.05, 0) is 25.0 Å². The van der Waals surface area contributed by atoms with Gasteiger partial charge in [0.05, 0.1) is 5.92 Å². The highest BCUT2D eigenvalue weighted by atomic mass is 19.1. The molecule has 1 heterocycles. The van der Waals surface area contributed by atoms with Crippen molar-refractivity contribution in [1.82, 2.24) is 4.90 Å². The summed E-state index contributed by atoms with van der Waals surface area (Å²) in [6.07, 6.45) is 0. The van der Waals surface area contributed by atoms with Crippen molar-refractivity contribution in [1.29, 1.82) is 0 Å². The van der Waals surface area contributed by atoms with Crippen LogP contribution in [0.25, 0.3) is 0 Å². The monoisotopic (exact) mass is 269 g/mol. The molecule has 0 saturated carbocycles. The molecule has 1 aliphatic rings. The first-order chi connectivity index (χ1) is 8.91. The highest BCUT2D eigenvalue weighted by Gasteiger charge is 2.37. The Hall–Kier alpha value is -1.49. The van der Waals surface area contributed by atoms with Crippen LogP contribution < -0.4 is 0 Å². The average molecular weight is 269 g/mol. The first kappa shape index (κ1) is 13.9. The predicted molar refractivity (Wildman–Crippen MR) is 66.6 cm³/mol. The number of likely N-dealkylation sites (tertiary alicyclic amines) is 1. The molecular weight excluding hydrogens is 252 g/mol. The lowest BCUT2D eigenvalue weighted by molar-refractivity contribution is -0.142. The van der Waals surface area contributed by atoms with Crippen LogP contribution in [0.15, 0.2) is 18.2 Å². The highest BCUT2D eigenvalue weighted by molar-refractivity contribution is 5.71. The van der Waals surface area contributed by atoms with Crippen molar-refractivity contribution in [2.24, 2.45) is 11.8 Å². The van der Waals surface area contributed by atoms with E-state index in [1.165, 1.54) is 18.2 Å². The molecule has 0 spiro atoms. The van der Waals surface area contributed by atoms with Crippen molar-refractivity contribution in [3.05, 3.63) is 35.4 Å². The number of carboxylic acids is 1. The zero-order valence-corrected chi connectivity index (χ0v) is 10.9. The number of rotatable bonds is 3. The third kappa shape index (κ3) is 2.61. The SMILES string of the molecule is CC1CN(C(C)c2c(F)cccc2F)CC1C(=O)O. The smallest absolute Gasteiger partial charge is 0.308 e. The van der Waals surface area contributed by atoms with E-state index in [9.17, 15) is 13.6 Å². The van der Waals surface area contributed by atoms with Crippen LogP contribution in [-0.2, 0) is 4.79 Å². The second-order valence-electron chi connectivity index (χ2n) is 5.19. The molecule has 1 fully saturated rings. The zero-order valence-electron chi connectivity index (χ0n) is 10.9. The lowest BCUT2D eigenvalue weighted by atomic mass is 9.99. The van der Waals surface area contributed by atoms with Crippen molar-refractivity contribution in [2.75, 3.05) is 13.1 Å². The molecule has 104 valence electrons. The maximum atomic E-state index is 13.7. The number of halogens is 2. The second-order valence-corrected chi connectivity index (χ2v) is 5.19. The molecule has 0 bridgehead atoms. The van der Waals surface area contributed by atoms with E-state index in [-0.39, 0.29) is 11.5 Å². The van der Waals surface area contributed by atoms with E-state index in [0.717, 1.165) is 0 Å². The van der Waals surface area contributed by atoms with Crippen molar-refractivity contribution < 1.29 is 18.7 Å². The number of carboxylic acid groups (broad SMARTS) is 1. The van der Waals surface area contributed by atoms with Gasteiger partial charge in [0.15, 0.2) is 0 Å². The molecule has 3 atom stereocenters. The fraction of sp³-hybridized carbons (Fsp3) is 0.500. The van der Waals surface area contributed by atoms with Crippen LogP contribution in [0.3, 0.4) is 0 Å². The number of nitrogens with zero attached hydrogens (tertiary/aromatic N) is 1. The van der Waals surface area contributed by atoms with Crippen LogP contribution >= 0.6 is 0 Å². The number of aliphatic carboxylic acids is 1. The third-order valence-corrected chi connectivity index (χ3v) is 3.92. The van der Waals surface area contributed by atoms with Gasteiger partial charge in [0.25, 0.3) is 0 Å². The van der Waals surface area contributed by atoms with E-state index in [4.69, 9.17) is 5.11 Å². The van der Waals surface area contributed by atoms with Gasteiger partial charge in [0.1, 0.15) is 11.6 Å². The van der Waals surface area contributed by atoms with Crippen molar-refractivity contribution in [2.45, 2.75) is 19.9 Å². The van der Waals surface area contributed by atoms with Crippen molar-refractivity contribution >= 4 is 5.97 Å². The van der Waals surface area contributed by atoms with E-state index in [1.807, 2.05) is 11.8 Å². The van der Waals surface area contributed by atoms with Gasteiger partial charge in [-0.15, -0.1) is 0 Å². The van der Waals surface area contributed by atoms with Crippen LogP contribution in [0.2, 0.25) is 0 Å². The Morgan fingerprint density at radius 3 is 2.42 bits per heavy atom. The topological polar surface area (TPSA) is 40.5 Å². The Kier molecular flexibility index (Phi) is 3.85. The molecule has 1 aliphatic heterocycles. The van der Waals surface area contributed by atoms with Crippen LogP contribution in [0.4, 0.5) is 8.78 Å². The molecule has 1 N–H and O–H groups in total. The summed E-state index contributed by atoms with van der Waals surface area (Å²) >= 11 is 0. The molecule has 19 heavy (non-hydrogen) atoms. The Morgan fingerprint density at radius 2 is 1.95 bits per heavy atom. The average Bonchev–Trinajstić information content (AvgIpc) is 2.71. The highest BCUT2D eigenvalue weighted by Crippen LogP contribution is 2.33. The van der Waals surface area contributed by atoms with Gasteiger partial charge in [0.2, 0.25) is 0 Å². The lowest BCUT2D eigenvalue weighted by Gasteiger charge is -2.25. The summed E-state index contributed by atoms with van der Waals surface area (Å²) < 4.78 is 27.4. The summed E-state index contributed by atoms with van der Waals surface area (Å²) in [5.41, 5.74) is 0.0146. The molecule has 0 amide bonds. The molecule has 1 aromatic carbocycles. The van der Waals surface area contributed by atoms with Gasteiger partial charge in [0, 0.05) is 24.7 Å². The molecular formula is C14H17F2NO2. The van der Waals surface area contributed by atoms with E-state index in [0.29, 0.717) is 13.1 Å². The standard InChI is InChI=1S/C14H17F2NO2/c1-8-6-17(7-10(8)14(18)19)9(2)13-11(15)4-3-5-12(13)16/h3-5,8-10H,6-7H2,1-2H3,(H,18,19). The Morgan fingerprint density at radius 1 is 1.37 bits per heavy atom. The van der Waals surface area contributed by atoms with Crippen LogP contribution in [-0.4, -0.2) is 29.1 Å². The summed E-state index contributed by atoms with van der Waals surface area (Å²) in [6, 6.07) is 3.31. The van der Waals surface area contributed by atoms with Crippen LogP contribution in [0, 0.1) is 23.5 Å². The molecule has 5 heteroatoms. The summed E-state index contributed by atoms with van der Waals surface area (Å²) in [5, 5.41) is 9.09. The van der Waals surface area contributed by atoms with E-state index >= 15 is 0 Å². The Balaban J connectivity index is 2.22. The predicted octanol–water partition coefficient (Wildman–Crippen LogP) is 2.68. The molecule has 3 nitrogen and oxygen atoms in total. The van der Waals surface area contributed by atoms with E-state index in [1.54, 1.807) is 6.92 Å². The maximum Gasteiger partial charge on any atom is 0.308 e. The lowest BCUT2D eigenvalue weighted by Crippen LogP contribution is -2.27. The van der Waals surface area contributed by atoms with Gasteiger partial charge in [-0.2, -0.15) is 0 Å². The minimum Gasteiger partial charge on any atom is -0.481 e. The largest absolute Gasteiger partial charge is 0.481 e. The summed E-state index contributed by atoms with van der Waals surface area (Å²) in [4.78, 5) is 12.9. The third-order valence-electron chi connectivity index (χ3n) is 3.92. The normalized spacial score (nSPS) is 25.5. The second kappa shape index (κ2) is 5.25. The molecule has 0 radical (unpaired) electrons. The van der Waals surface area contributed by atoms with Crippen LogP contribution in [0.5, 0.6) is 0 Å². The number of hydrogen-bond donors (Lipinski definition) is 1. The summed E-state index contributed by atoms with van der Waals surface area (Å²) in [6.45, 7) is 4.42. The van der Waals surface area contributed by atoms with Crippen LogP contribution in [0.1, 0.15) is 25.5 Å². The molecule has 3 unspecified atom stereocenters. The summed E-state index contributed by atoms with van der Waals surface area (Å²) in [5.74, 6) is -2.51. The zero-order chi connectivity index (χ0) is 14.2. The first-order valence-corrected chi connectivity index (χ1v) is 6.32. The van der Waals surface area contributed by atoms with Gasteiger partial charge in [-0.3, -0.25) is 9.69 Å². The number of benzene rings is 1. The summed E-state index contributed by atoms with van der Waals surface area (Å²) in [7, 11) is 0. The minimum atomic E-state index is -0.851.